The highest BCUT2D eigenvalue weighted by Crippen LogP contribution is 2.55. The van der Waals surface area contributed by atoms with Gasteiger partial charge in [0, 0.05) is 17.0 Å². The number of carbonyl (C=O) groups is 2. The van der Waals surface area contributed by atoms with Crippen LogP contribution in [0.4, 0.5) is 4.79 Å². The smallest absolute Gasteiger partial charge is 0.315 e. The van der Waals surface area contributed by atoms with Crippen molar-refractivity contribution in [1.82, 2.24) is 20.9 Å². The molecule has 1 heterocycles. The Morgan fingerprint density at radius 2 is 1.58 bits per heavy atom. The third-order valence-electron chi connectivity index (χ3n) is 8.71. The average Bonchev–Trinajstić information content (AvgIpc) is 3.33. The number of para-hydroxylation sites is 1. The first-order valence-corrected chi connectivity index (χ1v) is 14.4. The number of aromatic nitrogens is 1. The Balaban J connectivity index is 1.03. The minimum Gasteiger partial charge on any atom is -0.486 e. The van der Waals surface area contributed by atoms with Crippen molar-refractivity contribution in [2.75, 3.05) is 0 Å². The molecule has 2 atom stereocenters. The Morgan fingerprint density at radius 1 is 0.944 bits per heavy atom. The number of nitrogens with one attached hydrogen (secondary N) is 3. The fourth-order valence-corrected chi connectivity index (χ4v) is 8.26. The molecule has 36 heavy (non-hydrogen) atoms. The Bertz CT molecular complexity index is 1050. The van der Waals surface area contributed by atoms with E-state index in [9.17, 15) is 9.59 Å². The van der Waals surface area contributed by atoms with Gasteiger partial charge < -0.3 is 20.7 Å². The summed E-state index contributed by atoms with van der Waals surface area (Å²) in [5.41, 5.74) is 0.402. The zero-order chi connectivity index (χ0) is 24.5. The van der Waals surface area contributed by atoms with Crippen LogP contribution in [0.3, 0.4) is 0 Å². The number of urea groups is 1. The standard InChI is InChI=1S/C28H36N4O3S/c33-26(24-17-36-25(29-24)16-35-21-6-2-1-3-7-21)30-22-8-4-5-9-23(22)31-27(34)32-28-13-18-10-19(14-28)12-20(11-18)15-28/h1-3,6-7,17-20,22-23H,4-5,8-16H2,(H,30,33)(H2,31,32,34)/t18?,19?,20?,22-,23+,28?/m0/s1. The number of carbonyl (C=O) groups excluding carboxylic acids is 2. The summed E-state index contributed by atoms with van der Waals surface area (Å²) in [6.45, 7) is 0.333. The van der Waals surface area contributed by atoms with Gasteiger partial charge in [-0.2, -0.15) is 0 Å². The summed E-state index contributed by atoms with van der Waals surface area (Å²) in [6.07, 6.45) is 11.3. The van der Waals surface area contributed by atoms with E-state index in [1.165, 1.54) is 30.6 Å². The fourth-order valence-electron chi connectivity index (χ4n) is 7.57. The van der Waals surface area contributed by atoms with Gasteiger partial charge in [-0.25, -0.2) is 9.78 Å². The van der Waals surface area contributed by atoms with Crippen LogP contribution in [0.15, 0.2) is 35.7 Å². The van der Waals surface area contributed by atoms with Crippen LogP contribution in [0.2, 0.25) is 0 Å². The molecule has 3 N–H and O–H groups in total. The predicted octanol–water partition coefficient (Wildman–Crippen LogP) is 5.03. The maximum absolute atomic E-state index is 13.1. The first-order valence-electron chi connectivity index (χ1n) is 13.6. The van der Waals surface area contributed by atoms with Crippen LogP contribution in [0.5, 0.6) is 5.75 Å². The Hall–Kier alpha value is -2.61. The maximum atomic E-state index is 13.1. The van der Waals surface area contributed by atoms with Crippen LogP contribution in [-0.2, 0) is 6.61 Å². The lowest BCUT2D eigenvalue weighted by Crippen LogP contribution is -2.63. The van der Waals surface area contributed by atoms with E-state index in [0.717, 1.165) is 73.5 Å². The molecule has 1 aromatic heterocycles. The molecule has 5 fully saturated rings. The predicted molar refractivity (Wildman–Crippen MR) is 139 cm³/mol. The number of thiazole rings is 1. The summed E-state index contributed by atoms with van der Waals surface area (Å²) in [5.74, 6) is 2.97. The molecule has 4 bridgehead atoms. The molecule has 0 spiro atoms. The average molecular weight is 509 g/mol. The second kappa shape index (κ2) is 10.0. The summed E-state index contributed by atoms with van der Waals surface area (Å²) in [7, 11) is 0. The van der Waals surface area contributed by atoms with E-state index in [2.05, 4.69) is 20.9 Å². The second-order valence-corrected chi connectivity index (χ2v) is 12.4. The van der Waals surface area contributed by atoms with Crippen LogP contribution >= 0.6 is 11.3 Å². The van der Waals surface area contributed by atoms with Gasteiger partial charge in [-0.3, -0.25) is 4.79 Å². The van der Waals surface area contributed by atoms with Crippen molar-refractivity contribution >= 4 is 23.3 Å². The summed E-state index contributed by atoms with van der Waals surface area (Å²) in [4.78, 5) is 30.6. The molecule has 192 valence electrons. The van der Waals surface area contributed by atoms with Gasteiger partial charge in [0.15, 0.2) is 0 Å². The lowest BCUT2D eigenvalue weighted by Gasteiger charge is -2.56. The van der Waals surface area contributed by atoms with Crippen molar-refractivity contribution in [2.45, 2.75) is 88.4 Å². The van der Waals surface area contributed by atoms with Crippen LogP contribution in [0.1, 0.15) is 79.7 Å². The van der Waals surface area contributed by atoms with E-state index in [1.807, 2.05) is 30.3 Å². The van der Waals surface area contributed by atoms with Crippen LogP contribution < -0.4 is 20.7 Å². The van der Waals surface area contributed by atoms with Crippen molar-refractivity contribution in [2.24, 2.45) is 17.8 Å². The summed E-state index contributed by atoms with van der Waals surface area (Å²) >= 11 is 1.42. The van der Waals surface area contributed by atoms with E-state index in [4.69, 9.17) is 4.74 Å². The topological polar surface area (TPSA) is 92.4 Å². The van der Waals surface area contributed by atoms with E-state index in [0.29, 0.717) is 12.3 Å². The molecule has 5 saturated carbocycles. The number of hydrogen-bond donors (Lipinski definition) is 3. The highest BCUT2D eigenvalue weighted by Gasteiger charge is 2.51. The van der Waals surface area contributed by atoms with Crippen LogP contribution in [-0.4, -0.2) is 34.5 Å². The normalized spacial score (nSPS) is 32.6. The van der Waals surface area contributed by atoms with Crippen LogP contribution in [0.25, 0.3) is 0 Å². The Labute approximate surface area is 216 Å². The molecule has 5 aliphatic carbocycles. The number of amides is 3. The molecule has 2 aromatic rings. The van der Waals surface area contributed by atoms with Crippen molar-refractivity contribution in [1.29, 1.82) is 0 Å². The summed E-state index contributed by atoms with van der Waals surface area (Å²) < 4.78 is 5.76. The molecule has 7 nitrogen and oxygen atoms in total. The number of nitrogens with zero attached hydrogens (tertiary/aromatic N) is 1. The van der Waals surface area contributed by atoms with Gasteiger partial charge in [-0.15, -0.1) is 11.3 Å². The second-order valence-electron chi connectivity index (χ2n) is 11.5. The molecule has 5 aliphatic rings. The van der Waals surface area contributed by atoms with Gasteiger partial charge in [0.25, 0.3) is 5.91 Å². The zero-order valence-corrected chi connectivity index (χ0v) is 21.5. The van der Waals surface area contributed by atoms with Gasteiger partial charge >= 0.3 is 6.03 Å². The molecular formula is C28H36N4O3S. The summed E-state index contributed by atoms with van der Waals surface area (Å²) in [5, 5.41) is 12.4. The lowest BCUT2D eigenvalue weighted by atomic mass is 9.53. The lowest BCUT2D eigenvalue weighted by molar-refractivity contribution is -0.0138. The van der Waals surface area contributed by atoms with E-state index in [-0.39, 0.29) is 29.6 Å². The highest BCUT2D eigenvalue weighted by molar-refractivity contribution is 7.09. The largest absolute Gasteiger partial charge is 0.486 e. The minimum absolute atomic E-state index is 0.00887. The Morgan fingerprint density at radius 3 is 2.25 bits per heavy atom. The SMILES string of the molecule is O=C(N[C@@H]1CCCC[C@@H]1NC(=O)c1csc(COc2ccccc2)n1)NC12CC3CC(CC(C3)C1)C2. The molecule has 0 unspecified atom stereocenters. The van der Waals surface area contributed by atoms with Crippen molar-refractivity contribution in [3.63, 3.8) is 0 Å². The molecule has 3 amide bonds. The number of hydrogen-bond acceptors (Lipinski definition) is 5. The van der Waals surface area contributed by atoms with E-state index < -0.39 is 0 Å². The Kier molecular flexibility index (Phi) is 6.63. The maximum Gasteiger partial charge on any atom is 0.315 e. The number of rotatable bonds is 7. The van der Waals surface area contributed by atoms with Crippen molar-refractivity contribution in [3.05, 3.63) is 46.4 Å². The monoisotopic (exact) mass is 508 g/mol. The van der Waals surface area contributed by atoms with Crippen molar-refractivity contribution in [3.8, 4) is 5.75 Å². The van der Waals surface area contributed by atoms with E-state index >= 15 is 0 Å². The quantitative estimate of drug-likeness (QED) is 0.489. The van der Waals surface area contributed by atoms with Gasteiger partial charge in [-0.1, -0.05) is 31.0 Å². The fraction of sp³-hybridized carbons (Fsp3) is 0.607. The third-order valence-corrected chi connectivity index (χ3v) is 9.53. The molecule has 0 saturated heterocycles. The molecule has 8 heteroatoms. The zero-order valence-electron chi connectivity index (χ0n) is 20.7. The van der Waals surface area contributed by atoms with Gasteiger partial charge in [-0.05, 0) is 81.3 Å². The molecular weight excluding hydrogens is 472 g/mol. The van der Waals surface area contributed by atoms with Gasteiger partial charge in [0.05, 0.1) is 6.04 Å². The van der Waals surface area contributed by atoms with E-state index in [1.54, 1.807) is 5.38 Å². The first kappa shape index (κ1) is 23.8. The van der Waals surface area contributed by atoms with Gasteiger partial charge in [0.2, 0.25) is 0 Å². The summed E-state index contributed by atoms with van der Waals surface area (Å²) in [6, 6.07) is 9.39. The molecule has 0 aliphatic heterocycles. The van der Waals surface area contributed by atoms with Crippen molar-refractivity contribution < 1.29 is 14.3 Å². The van der Waals surface area contributed by atoms with Crippen LogP contribution in [0, 0.1) is 17.8 Å². The molecule has 1 aromatic carbocycles. The number of benzene rings is 1. The molecule has 7 rings (SSSR count). The van der Waals surface area contributed by atoms with Gasteiger partial charge in [0.1, 0.15) is 23.1 Å². The third kappa shape index (κ3) is 5.24. The highest BCUT2D eigenvalue weighted by atomic mass is 32.1. The number of ether oxygens (including phenoxy) is 1. The first-order chi connectivity index (χ1) is 17.5. The molecule has 0 radical (unpaired) electrons. The minimum atomic E-state index is -0.183.